The van der Waals surface area contributed by atoms with E-state index < -0.39 is 36.0 Å². The summed E-state index contributed by atoms with van der Waals surface area (Å²) in [6.45, 7) is 5.81. The molecule has 1 fully saturated rings. The van der Waals surface area contributed by atoms with Gasteiger partial charge in [-0.25, -0.2) is 0 Å². The van der Waals surface area contributed by atoms with Gasteiger partial charge in [-0.15, -0.1) is 0 Å². The van der Waals surface area contributed by atoms with Crippen LogP contribution in [0.3, 0.4) is 0 Å². The zero-order valence-corrected chi connectivity index (χ0v) is 11.5. The van der Waals surface area contributed by atoms with Crippen LogP contribution in [0.2, 0.25) is 0 Å². The van der Waals surface area contributed by atoms with Crippen LogP contribution in [0.4, 0.5) is 26.3 Å². The van der Waals surface area contributed by atoms with Crippen molar-refractivity contribution in [1.82, 2.24) is 5.32 Å². The van der Waals surface area contributed by atoms with Crippen LogP contribution in [0, 0.1) is 5.41 Å². The van der Waals surface area contributed by atoms with E-state index in [9.17, 15) is 26.3 Å². The van der Waals surface area contributed by atoms with Crippen LogP contribution >= 0.6 is 0 Å². The third-order valence-electron chi connectivity index (χ3n) is 3.62. The first-order valence-corrected chi connectivity index (χ1v) is 6.42. The lowest BCUT2D eigenvalue weighted by Crippen LogP contribution is -2.52. The van der Waals surface area contributed by atoms with Crippen LogP contribution in [-0.2, 0) is 4.74 Å². The summed E-state index contributed by atoms with van der Waals surface area (Å²) in [4.78, 5) is 0. The van der Waals surface area contributed by atoms with Gasteiger partial charge in [0.25, 0.3) is 0 Å². The predicted molar refractivity (Wildman–Crippen MR) is 61.3 cm³/mol. The highest BCUT2D eigenvalue weighted by atomic mass is 19.4. The second-order valence-corrected chi connectivity index (χ2v) is 5.70. The molecule has 2 atom stereocenters. The maximum atomic E-state index is 12.5. The molecule has 0 aromatic heterocycles. The first-order chi connectivity index (χ1) is 8.89. The summed E-state index contributed by atoms with van der Waals surface area (Å²) in [6.07, 6.45) is -15.1. The van der Waals surface area contributed by atoms with Crippen molar-refractivity contribution in [1.29, 1.82) is 0 Å². The summed E-state index contributed by atoms with van der Waals surface area (Å²) in [5, 5.41) is 2.93. The van der Waals surface area contributed by atoms with Crippen molar-refractivity contribution in [3.63, 3.8) is 0 Å². The maximum Gasteiger partial charge on any atom is 0.423 e. The molecule has 0 aromatic carbocycles. The molecule has 1 saturated carbocycles. The molecular weight excluding hydrogens is 288 g/mol. The van der Waals surface area contributed by atoms with Gasteiger partial charge in [-0.3, -0.25) is 0 Å². The number of likely N-dealkylation sites (N-methyl/N-ethyl adjacent to an activating group) is 1. The minimum Gasteiger partial charge on any atom is -0.356 e. The van der Waals surface area contributed by atoms with Gasteiger partial charge in [0, 0.05) is 6.04 Å². The summed E-state index contributed by atoms with van der Waals surface area (Å²) in [5.41, 5.74) is -0.400. The minimum absolute atomic E-state index is 0.174. The van der Waals surface area contributed by atoms with Crippen LogP contribution in [0.25, 0.3) is 0 Å². The second kappa shape index (κ2) is 5.71. The summed E-state index contributed by atoms with van der Waals surface area (Å²) >= 11 is 0. The Balaban J connectivity index is 2.89. The molecule has 20 heavy (non-hydrogen) atoms. The molecule has 1 aliphatic carbocycles. The van der Waals surface area contributed by atoms with E-state index in [4.69, 9.17) is 0 Å². The van der Waals surface area contributed by atoms with Crippen LogP contribution in [0.5, 0.6) is 0 Å². The van der Waals surface area contributed by atoms with Crippen molar-refractivity contribution in [2.75, 3.05) is 6.54 Å². The van der Waals surface area contributed by atoms with Crippen molar-refractivity contribution in [3.8, 4) is 0 Å². The van der Waals surface area contributed by atoms with E-state index in [1.165, 1.54) is 0 Å². The molecule has 2 unspecified atom stereocenters. The topological polar surface area (TPSA) is 21.3 Å². The van der Waals surface area contributed by atoms with Gasteiger partial charge >= 0.3 is 12.4 Å². The van der Waals surface area contributed by atoms with Gasteiger partial charge in [0.1, 0.15) is 0 Å². The monoisotopic (exact) mass is 307 g/mol. The van der Waals surface area contributed by atoms with E-state index in [-0.39, 0.29) is 6.42 Å². The lowest BCUT2D eigenvalue weighted by atomic mass is 9.87. The lowest BCUT2D eigenvalue weighted by Gasteiger charge is -2.34. The molecule has 0 heterocycles. The van der Waals surface area contributed by atoms with Crippen LogP contribution in [-0.4, -0.2) is 37.1 Å². The number of alkyl halides is 6. The first-order valence-electron chi connectivity index (χ1n) is 6.42. The standard InChI is InChI=1S/C12H19F6NO/c1-4-19-8-7(5-6-10(8,2)3)20-9(11(13,14)15)12(16,17)18/h7-9,19H,4-6H2,1-3H3. The summed E-state index contributed by atoms with van der Waals surface area (Å²) < 4.78 is 79.5. The number of hydrogen-bond donors (Lipinski definition) is 1. The quantitative estimate of drug-likeness (QED) is 0.800. The Morgan fingerprint density at radius 2 is 1.65 bits per heavy atom. The average molecular weight is 307 g/mol. The number of hydrogen-bond acceptors (Lipinski definition) is 2. The van der Waals surface area contributed by atoms with E-state index in [1.54, 1.807) is 20.8 Å². The van der Waals surface area contributed by atoms with Gasteiger partial charge in [0.15, 0.2) is 0 Å². The Morgan fingerprint density at radius 1 is 1.15 bits per heavy atom. The van der Waals surface area contributed by atoms with Gasteiger partial charge in [-0.2, -0.15) is 26.3 Å². The SMILES string of the molecule is CCNC1C(OC(C(F)(F)F)C(F)(F)F)CCC1(C)C. The molecule has 0 amide bonds. The van der Waals surface area contributed by atoms with Crippen molar-refractivity contribution < 1.29 is 31.1 Å². The molecule has 1 aliphatic rings. The van der Waals surface area contributed by atoms with Gasteiger partial charge < -0.3 is 10.1 Å². The molecule has 2 nitrogen and oxygen atoms in total. The zero-order chi connectivity index (χ0) is 15.8. The molecule has 0 bridgehead atoms. The molecule has 0 saturated heterocycles. The highest BCUT2D eigenvalue weighted by molar-refractivity contribution is 4.98. The molecule has 1 rings (SSSR count). The third-order valence-corrected chi connectivity index (χ3v) is 3.62. The third kappa shape index (κ3) is 4.00. The molecule has 0 aromatic rings. The molecule has 8 heteroatoms. The zero-order valence-electron chi connectivity index (χ0n) is 11.5. The minimum atomic E-state index is -5.46. The number of rotatable bonds is 4. The number of nitrogens with one attached hydrogen (secondary N) is 1. The fourth-order valence-electron chi connectivity index (χ4n) is 2.63. The van der Waals surface area contributed by atoms with Crippen molar-refractivity contribution in [2.45, 2.75) is 64.2 Å². The average Bonchev–Trinajstić information content (AvgIpc) is 2.49. The molecule has 0 radical (unpaired) electrons. The second-order valence-electron chi connectivity index (χ2n) is 5.70. The van der Waals surface area contributed by atoms with Gasteiger partial charge in [0.2, 0.25) is 6.10 Å². The molecule has 120 valence electrons. The van der Waals surface area contributed by atoms with Crippen molar-refractivity contribution in [2.24, 2.45) is 5.41 Å². The Labute approximate surface area is 113 Å². The molecule has 0 aliphatic heterocycles. The maximum absolute atomic E-state index is 12.5. The van der Waals surface area contributed by atoms with E-state index in [2.05, 4.69) is 10.1 Å². The molecule has 0 spiro atoms. The highest BCUT2D eigenvalue weighted by Gasteiger charge is 2.60. The Kier molecular flexibility index (Phi) is 5.01. The van der Waals surface area contributed by atoms with Crippen molar-refractivity contribution in [3.05, 3.63) is 0 Å². The molecular formula is C12H19F6NO. The smallest absolute Gasteiger partial charge is 0.356 e. The summed E-state index contributed by atoms with van der Waals surface area (Å²) in [5.74, 6) is 0. The summed E-state index contributed by atoms with van der Waals surface area (Å²) in [6, 6.07) is -0.528. The lowest BCUT2D eigenvalue weighted by molar-refractivity contribution is -0.332. The highest BCUT2D eigenvalue weighted by Crippen LogP contribution is 2.43. The van der Waals surface area contributed by atoms with Crippen LogP contribution < -0.4 is 5.32 Å². The number of halogens is 6. The molecule has 1 N–H and O–H groups in total. The van der Waals surface area contributed by atoms with Gasteiger partial charge in [-0.05, 0) is 24.8 Å². The van der Waals surface area contributed by atoms with Gasteiger partial charge in [0.05, 0.1) is 6.10 Å². The normalized spacial score (nSPS) is 27.3. The Morgan fingerprint density at radius 3 is 2.05 bits per heavy atom. The Bertz CT molecular complexity index is 311. The fraction of sp³-hybridized carbons (Fsp3) is 1.00. The van der Waals surface area contributed by atoms with E-state index in [1.807, 2.05) is 0 Å². The summed E-state index contributed by atoms with van der Waals surface area (Å²) in [7, 11) is 0. The van der Waals surface area contributed by atoms with E-state index >= 15 is 0 Å². The van der Waals surface area contributed by atoms with Crippen LogP contribution in [0.15, 0.2) is 0 Å². The number of ether oxygens (including phenoxy) is 1. The predicted octanol–water partition coefficient (Wildman–Crippen LogP) is 3.66. The van der Waals surface area contributed by atoms with E-state index in [0.717, 1.165) is 0 Å². The largest absolute Gasteiger partial charge is 0.423 e. The van der Waals surface area contributed by atoms with Crippen molar-refractivity contribution >= 4 is 0 Å². The van der Waals surface area contributed by atoms with Crippen LogP contribution in [0.1, 0.15) is 33.6 Å². The fourth-order valence-corrected chi connectivity index (χ4v) is 2.63. The Hall–Kier alpha value is -0.500. The first kappa shape index (κ1) is 17.6. The van der Waals surface area contributed by atoms with Gasteiger partial charge in [-0.1, -0.05) is 20.8 Å². The van der Waals surface area contributed by atoms with E-state index in [0.29, 0.717) is 13.0 Å².